The molecule has 27 heavy (non-hydrogen) atoms. The number of fused-ring (bicyclic) bond motifs is 1. The summed E-state index contributed by atoms with van der Waals surface area (Å²) in [7, 11) is 1.63. The highest BCUT2D eigenvalue weighted by Gasteiger charge is 2.46. The first-order chi connectivity index (χ1) is 13.3. The Morgan fingerprint density at radius 2 is 1.67 bits per heavy atom. The third-order valence-corrected chi connectivity index (χ3v) is 5.58. The molecule has 0 unspecified atom stereocenters. The number of amides is 1. The van der Waals surface area contributed by atoms with Crippen molar-refractivity contribution in [3.63, 3.8) is 0 Å². The smallest absolute Gasteiger partial charge is 0.257 e. The first-order valence-corrected chi connectivity index (χ1v) is 9.39. The van der Waals surface area contributed by atoms with Crippen molar-refractivity contribution in [2.75, 3.05) is 20.2 Å². The van der Waals surface area contributed by atoms with Crippen molar-refractivity contribution in [2.45, 2.75) is 31.2 Å². The van der Waals surface area contributed by atoms with Gasteiger partial charge >= 0.3 is 0 Å². The number of hydrogen-bond donors (Lipinski definition) is 0. The first-order valence-electron chi connectivity index (χ1n) is 9.39. The summed E-state index contributed by atoms with van der Waals surface area (Å²) in [5.74, 6) is -0.173. The number of carbonyl (C=O) groups is 1. The Kier molecular flexibility index (Phi) is 4.93. The SMILES string of the molecule is CO[C@H]1[C@H](N2CCCC2)c2ccccc2[C@@H](C#N)N1C(=O)c1ccccc1. The summed E-state index contributed by atoms with van der Waals surface area (Å²) < 4.78 is 5.87. The molecule has 0 N–H and O–H groups in total. The molecule has 5 nitrogen and oxygen atoms in total. The van der Waals surface area contributed by atoms with Crippen LogP contribution < -0.4 is 0 Å². The number of carbonyl (C=O) groups excluding carboxylic acids is 1. The van der Waals surface area contributed by atoms with Gasteiger partial charge in [-0.2, -0.15) is 5.26 Å². The van der Waals surface area contributed by atoms with Crippen molar-refractivity contribution in [1.29, 1.82) is 5.26 Å². The maximum absolute atomic E-state index is 13.4. The largest absolute Gasteiger partial charge is 0.359 e. The summed E-state index contributed by atoms with van der Waals surface area (Å²) in [6.07, 6.45) is 1.78. The zero-order valence-corrected chi connectivity index (χ0v) is 15.4. The molecular formula is C22H23N3O2. The first kappa shape index (κ1) is 17.7. The predicted octanol–water partition coefficient (Wildman–Crippen LogP) is 3.52. The van der Waals surface area contributed by atoms with E-state index in [9.17, 15) is 10.1 Å². The second-order valence-corrected chi connectivity index (χ2v) is 7.05. The molecule has 2 aromatic carbocycles. The molecule has 0 aliphatic carbocycles. The topological polar surface area (TPSA) is 56.6 Å². The fourth-order valence-electron chi connectivity index (χ4n) is 4.37. The van der Waals surface area contributed by atoms with E-state index in [0.717, 1.165) is 37.1 Å². The minimum atomic E-state index is -0.669. The normalized spacial score (nSPS) is 25.0. The molecule has 1 amide bonds. The van der Waals surface area contributed by atoms with Gasteiger partial charge in [0.1, 0.15) is 6.04 Å². The Hall–Kier alpha value is -2.68. The van der Waals surface area contributed by atoms with Gasteiger partial charge in [-0.3, -0.25) is 14.6 Å². The van der Waals surface area contributed by atoms with Gasteiger partial charge in [0.2, 0.25) is 0 Å². The predicted molar refractivity (Wildman–Crippen MR) is 102 cm³/mol. The molecule has 2 aliphatic rings. The fraction of sp³-hybridized carbons (Fsp3) is 0.364. The standard InChI is InChI=1S/C22H23N3O2/c1-27-22-20(24-13-7-8-14-24)18-12-6-5-11-17(18)19(15-23)25(22)21(26)16-9-3-2-4-10-16/h2-6,9-12,19-20,22H,7-8,13-14H2,1H3/t19-,20-,22+/m1/s1. The molecule has 1 saturated heterocycles. The maximum atomic E-state index is 13.4. The van der Waals surface area contributed by atoms with Gasteiger partial charge in [0.25, 0.3) is 5.91 Å². The average Bonchev–Trinajstić information content (AvgIpc) is 3.26. The lowest BCUT2D eigenvalue weighted by molar-refractivity contribution is -0.0868. The molecule has 0 radical (unpaired) electrons. The van der Waals surface area contributed by atoms with E-state index in [4.69, 9.17) is 4.74 Å². The van der Waals surface area contributed by atoms with E-state index in [0.29, 0.717) is 5.56 Å². The number of benzene rings is 2. The summed E-state index contributed by atoms with van der Waals surface area (Å²) in [5.41, 5.74) is 2.56. The van der Waals surface area contributed by atoms with Crippen molar-refractivity contribution < 1.29 is 9.53 Å². The summed E-state index contributed by atoms with van der Waals surface area (Å²) in [4.78, 5) is 17.4. The van der Waals surface area contributed by atoms with Crippen LogP contribution in [0, 0.1) is 11.3 Å². The van der Waals surface area contributed by atoms with Crippen LogP contribution >= 0.6 is 0 Å². The van der Waals surface area contributed by atoms with E-state index in [1.807, 2.05) is 36.4 Å². The molecule has 3 atom stereocenters. The van der Waals surface area contributed by atoms with Crippen LogP contribution in [0.1, 0.15) is 46.4 Å². The van der Waals surface area contributed by atoms with Crippen molar-refractivity contribution in [2.24, 2.45) is 0 Å². The highest BCUT2D eigenvalue weighted by Crippen LogP contribution is 2.43. The number of likely N-dealkylation sites (tertiary alicyclic amines) is 1. The van der Waals surface area contributed by atoms with E-state index >= 15 is 0 Å². The Morgan fingerprint density at radius 3 is 2.30 bits per heavy atom. The van der Waals surface area contributed by atoms with Gasteiger partial charge in [-0.1, -0.05) is 42.5 Å². The lowest BCUT2D eigenvalue weighted by Crippen LogP contribution is -2.54. The van der Waals surface area contributed by atoms with Crippen LogP contribution in [-0.2, 0) is 4.74 Å². The van der Waals surface area contributed by atoms with Gasteiger partial charge in [-0.05, 0) is 49.2 Å². The lowest BCUT2D eigenvalue weighted by Gasteiger charge is -2.47. The number of methoxy groups -OCH3 is 1. The molecule has 4 rings (SSSR count). The molecular weight excluding hydrogens is 338 g/mol. The molecule has 0 spiro atoms. The lowest BCUT2D eigenvalue weighted by atomic mass is 9.87. The maximum Gasteiger partial charge on any atom is 0.257 e. The molecule has 138 valence electrons. The third-order valence-electron chi connectivity index (χ3n) is 5.58. The van der Waals surface area contributed by atoms with Crippen molar-refractivity contribution in [3.8, 4) is 6.07 Å². The van der Waals surface area contributed by atoms with Gasteiger partial charge in [-0.15, -0.1) is 0 Å². The van der Waals surface area contributed by atoms with E-state index in [1.165, 1.54) is 0 Å². The van der Waals surface area contributed by atoms with E-state index in [2.05, 4.69) is 17.0 Å². The van der Waals surface area contributed by atoms with Crippen LogP contribution in [0.3, 0.4) is 0 Å². The number of hydrogen-bond acceptors (Lipinski definition) is 4. The second-order valence-electron chi connectivity index (χ2n) is 7.05. The van der Waals surface area contributed by atoms with Crippen molar-refractivity contribution >= 4 is 5.91 Å². The summed E-state index contributed by atoms with van der Waals surface area (Å²) in [6, 6.07) is 18.7. The highest BCUT2D eigenvalue weighted by atomic mass is 16.5. The van der Waals surface area contributed by atoms with Crippen molar-refractivity contribution in [3.05, 3.63) is 71.3 Å². The Morgan fingerprint density at radius 1 is 1.04 bits per heavy atom. The highest BCUT2D eigenvalue weighted by molar-refractivity contribution is 5.95. The minimum Gasteiger partial charge on any atom is -0.359 e. The molecule has 1 fully saturated rings. The quantitative estimate of drug-likeness (QED) is 0.839. The van der Waals surface area contributed by atoms with Crippen molar-refractivity contribution in [1.82, 2.24) is 9.80 Å². The fourth-order valence-corrected chi connectivity index (χ4v) is 4.37. The summed E-state index contributed by atoms with van der Waals surface area (Å²) in [6.45, 7) is 1.95. The van der Waals surface area contributed by atoms with Crippen LogP contribution in [0.2, 0.25) is 0 Å². The van der Waals surface area contributed by atoms with Gasteiger partial charge in [-0.25, -0.2) is 0 Å². The number of nitrogens with zero attached hydrogens (tertiary/aromatic N) is 3. The van der Waals surface area contributed by atoms with E-state index in [1.54, 1.807) is 24.1 Å². The van der Waals surface area contributed by atoms with Crippen LogP contribution in [0.15, 0.2) is 54.6 Å². The Balaban J connectivity index is 1.84. The average molecular weight is 361 g/mol. The zero-order valence-electron chi connectivity index (χ0n) is 15.4. The molecule has 2 heterocycles. The van der Waals surface area contributed by atoms with Crippen LogP contribution in [0.5, 0.6) is 0 Å². The van der Waals surface area contributed by atoms with Gasteiger partial charge in [0, 0.05) is 12.7 Å². The molecule has 0 aromatic heterocycles. The van der Waals surface area contributed by atoms with Gasteiger partial charge < -0.3 is 4.74 Å². The molecule has 2 aliphatic heterocycles. The van der Waals surface area contributed by atoms with Crippen LogP contribution in [-0.4, -0.2) is 42.1 Å². The summed E-state index contributed by atoms with van der Waals surface area (Å²) >= 11 is 0. The molecule has 2 aromatic rings. The number of rotatable bonds is 3. The molecule has 0 bridgehead atoms. The van der Waals surface area contributed by atoms with E-state index < -0.39 is 12.3 Å². The molecule has 5 heteroatoms. The minimum absolute atomic E-state index is 0.0639. The zero-order chi connectivity index (χ0) is 18.8. The third kappa shape index (κ3) is 3.01. The summed E-state index contributed by atoms with van der Waals surface area (Å²) in [5, 5.41) is 9.96. The van der Waals surface area contributed by atoms with Gasteiger partial charge in [0.15, 0.2) is 6.23 Å². The monoisotopic (exact) mass is 361 g/mol. The van der Waals surface area contributed by atoms with Gasteiger partial charge in [0.05, 0.1) is 12.1 Å². The second kappa shape index (κ2) is 7.51. The molecule has 0 saturated carbocycles. The van der Waals surface area contributed by atoms with E-state index in [-0.39, 0.29) is 11.9 Å². The van der Waals surface area contributed by atoms with Crippen LogP contribution in [0.4, 0.5) is 0 Å². The Labute approximate surface area is 159 Å². The van der Waals surface area contributed by atoms with Crippen LogP contribution in [0.25, 0.3) is 0 Å². The Bertz CT molecular complexity index is 855. The number of ether oxygens (including phenoxy) is 1. The number of nitriles is 1.